The van der Waals surface area contributed by atoms with Crippen molar-refractivity contribution in [2.75, 3.05) is 53.4 Å². The molecule has 3 nitrogen and oxygen atoms in total. The van der Waals surface area contributed by atoms with E-state index < -0.39 is 0 Å². The topological polar surface area (TPSA) is 18.5 Å². The molecule has 96 valence electrons. The zero-order valence-electron chi connectivity index (χ0n) is 11.3. The highest BCUT2D eigenvalue weighted by molar-refractivity contribution is 4.71. The molecule has 0 aliphatic carbocycles. The van der Waals surface area contributed by atoms with E-state index in [-0.39, 0.29) is 0 Å². The normalized spacial score (nSPS) is 22.9. The van der Waals surface area contributed by atoms with Gasteiger partial charge in [-0.15, -0.1) is 0 Å². The summed E-state index contributed by atoms with van der Waals surface area (Å²) in [5.41, 5.74) is 0. The van der Waals surface area contributed by atoms with Crippen LogP contribution in [0.3, 0.4) is 0 Å². The molecule has 0 spiro atoms. The molecule has 0 aromatic heterocycles. The van der Waals surface area contributed by atoms with Gasteiger partial charge in [-0.3, -0.25) is 0 Å². The summed E-state index contributed by atoms with van der Waals surface area (Å²) in [4.78, 5) is 4.93. The third kappa shape index (κ3) is 5.83. The predicted molar refractivity (Wildman–Crippen MR) is 70.9 cm³/mol. The molecule has 1 fully saturated rings. The standard InChI is InChI=1S/C13H29N3/c1-4-14-8-11-15(2)10-7-13-6-5-9-16(3)12-13/h13-14H,4-12H2,1-3H3. The molecule has 1 atom stereocenters. The van der Waals surface area contributed by atoms with E-state index in [0.29, 0.717) is 0 Å². The number of hydrogen-bond acceptors (Lipinski definition) is 3. The average molecular weight is 227 g/mol. The molecule has 1 heterocycles. The first kappa shape index (κ1) is 13.9. The van der Waals surface area contributed by atoms with Crippen LogP contribution in [-0.2, 0) is 0 Å². The smallest absolute Gasteiger partial charge is 0.0104 e. The van der Waals surface area contributed by atoms with Crippen LogP contribution in [-0.4, -0.2) is 63.2 Å². The van der Waals surface area contributed by atoms with Gasteiger partial charge in [0.15, 0.2) is 0 Å². The number of nitrogens with zero attached hydrogens (tertiary/aromatic N) is 2. The van der Waals surface area contributed by atoms with E-state index in [0.717, 1.165) is 19.0 Å². The van der Waals surface area contributed by atoms with Gasteiger partial charge < -0.3 is 15.1 Å². The fourth-order valence-electron chi connectivity index (χ4n) is 2.47. The maximum Gasteiger partial charge on any atom is 0.0104 e. The van der Waals surface area contributed by atoms with Crippen LogP contribution in [0.2, 0.25) is 0 Å². The van der Waals surface area contributed by atoms with Crippen LogP contribution in [0.4, 0.5) is 0 Å². The highest BCUT2D eigenvalue weighted by atomic mass is 15.1. The molecular weight excluding hydrogens is 198 g/mol. The molecule has 1 N–H and O–H groups in total. The molecule has 3 heteroatoms. The van der Waals surface area contributed by atoms with Crippen molar-refractivity contribution < 1.29 is 0 Å². The maximum absolute atomic E-state index is 3.37. The Labute approximate surface area is 101 Å². The van der Waals surface area contributed by atoms with Crippen molar-refractivity contribution in [1.29, 1.82) is 0 Å². The van der Waals surface area contributed by atoms with Gasteiger partial charge in [-0.1, -0.05) is 6.92 Å². The Morgan fingerprint density at radius 1 is 1.38 bits per heavy atom. The molecule has 0 saturated carbocycles. The van der Waals surface area contributed by atoms with Gasteiger partial charge in [-0.2, -0.15) is 0 Å². The molecule has 1 rings (SSSR count). The van der Waals surface area contributed by atoms with E-state index >= 15 is 0 Å². The van der Waals surface area contributed by atoms with Crippen molar-refractivity contribution in [3.8, 4) is 0 Å². The summed E-state index contributed by atoms with van der Waals surface area (Å²) in [5, 5.41) is 3.37. The summed E-state index contributed by atoms with van der Waals surface area (Å²) < 4.78 is 0. The van der Waals surface area contributed by atoms with Crippen LogP contribution in [0, 0.1) is 5.92 Å². The van der Waals surface area contributed by atoms with E-state index in [1.54, 1.807) is 0 Å². The zero-order valence-corrected chi connectivity index (χ0v) is 11.3. The first-order chi connectivity index (χ1) is 7.72. The number of rotatable bonds is 7. The Morgan fingerprint density at radius 3 is 2.88 bits per heavy atom. The Hall–Kier alpha value is -0.120. The van der Waals surface area contributed by atoms with Crippen LogP contribution in [0.25, 0.3) is 0 Å². The fraction of sp³-hybridized carbons (Fsp3) is 1.00. The summed E-state index contributed by atoms with van der Waals surface area (Å²) in [6, 6.07) is 0. The second kappa shape index (κ2) is 8.04. The predicted octanol–water partition coefficient (Wildman–Crippen LogP) is 1.26. The molecule has 1 unspecified atom stereocenters. The number of piperidine rings is 1. The van der Waals surface area contributed by atoms with Crippen LogP contribution in [0.1, 0.15) is 26.2 Å². The molecule has 1 aliphatic heterocycles. The van der Waals surface area contributed by atoms with Gasteiger partial charge in [0.2, 0.25) is 0 Å². The Bertz CT molecular complexity index is 173. The van der Waals surface area contributed by atoms with Crippen LogP contribution in [0.15, 0.2) is 0 Å². The number of likely N-dealkylation sites (tertiary alicyclic amines) is 1. The number of nitrogens with one attached hydrogen (secondary N) is 1. The minimum Gasteiger partial charge on any atom is -0.316 e. The minimum atomic E-state index is 0.931. The summed E-state index contributed by atoms with van der Waals surface area (Å²) in [6.07, 6.45) is 4.20. The van der Waals surface area contributed by atoms with Gasteiger partial charge >= 0.3 is 0 Å². The highest BCUT2D eigenvalue weighted by Gasteiger charge is 2.16. The summed E-state index contributed by atoms with van der Waals surface area (Å²) in [7, 11) is 4.49. The zero-order chi connectivity index (χ0) is 11.8. The molecule has 0 radical (unpaired) electrons. The van der Waals surface area contributed by atoms with Crippen molar-refractivity contribution in [2.24, 2.45) is 5.92 Å². The van der Waals surface area contributed by atoms with Gasteiger partial charge in [0.25, 0.3) is 0 Å². The SMILES string of the molecule is CCNCCN(C)CCC1CCCN(C)C1. The van der Waals surface area contributed by atoms with Crippen molar-refractivity contribution in [3.05, 3.63) is 0 Å². The lowest BCUT2D eigenvalue weighted by Crippen LogP contribution is -2.35. The largest absolute Gasteiger partial charge is 0.316 e. The van der Waals surface area contributed by atoms with Gasteiger partial charge in [0, 0.05) is 19.6 Å². The number of hydrogen-bond donors (Lipinski definition) is 1. The third-order valence-electron chi connectivity index (χ3n) is 3.56. The van der Waals surface area contributed by atoms with E-state index in [4.69, 9.17) is 0 Å². The Kier molecular flexibility index (Phi) is 7.01. The second-order valence-electron chi connectivity index (χ2n) is 5.22. The van der Waals surface area contributed by atoms with Gasteiger partial charge in [0.1, 0.15) is 0 Å². The fourth-order valence-corrected chi connectivity index (χ4v) is 2.47. The van der Waals surface area contributed by atoms with E-state index in [9.17, 15) is 0 Å². The van der Waals surface area contributed by atoms with Gasteiger partial charge in [-0.25, -0.2) is 0 Å². The van der Waals surface area contributed by atoms with Crippen LogP contribution < -0.4 is 5.32 Å². The lowest BCUT2D eigenvalue weighted by Gasteiger charge is -2.30. The van der Waals surface area contributed by atoms with Crippen molar-refractivity contribution in [3.63, 3.8) is 0 Å². The molecule has 1 aliphatic rings. The Balaban J connectivity index is 2.04. The third-order valence-corrected chi connectivity index (χ3v) is 3.56. The van der Waals surface area contributed by atoms with E-state index in [2.05, 4.69) is 36.1 Å². The first-order valence-corrected chi connectivity index (χ1v) is 6.80. The van der Waals surface area contributed by atoms with E-state index in [1.807, 2.05) is 0 Å². The lowest BCUT2D eigenvalue weighted by molar-refractivity contribution is 0.186. The van der Waals surface area contributed by atoms with Gasteiger partial charge in [-0.05, 0) is 58.9 Å². The molecular formula is C13H29N3. The van der Waals surface area contributed by atoms with Crippen molar-refractivity contribution in [2.45, 2.75) is 26.2 Å². The molecule has 0 aromatic carbocycles. The second-order valence-corrected chi connectivity index (χ2v) is 5.22. The average Bonchev–Trinajstić information content (AvgIpc) is 2.27. The Morgan fingerprint density at radius 2 is 2.19 bits per heavy atom. The van der Waals surface area contributed by atoms with Crippen molar-refractivity contribution >= 4 is 0 Å². The van der Waals surface area contributed by atoms with Crippen molar-refractivity contribution in [1.82, 2.24) is 15.1 Å². The van der Waals surface area contributed by atoms with Gasteiger partial charge in [0.05, 0.1) is 0 Å². The highest BCUT2D eigenvalue weighted by Crippen LogP contribution is 2.18. The molecule has 0 amide bonds. The molecule has 0 aromatic rings. The summed E-state index contributed by atoms with van der Waals surface area (Å²) in [6.45, 7) is 9.41. The lowest BCUT2D eigenvalue weighted by atomic mass is 9.95. The molecule has 16 heavy (non-hydrogen) atoms. The number of likely N-dealkylation sites (N-methyl/N-ethyl adjacent to an activating group) is 2. The monoisotopic (exact) mass is 227 g/mol. The molecule has 0 bridgehead atoms. The van der Waals surface area contributed by atoms with E-state index in [1.165, 1.54) is 45.4 Å². The summed E-state index contributed by atoms with van der Waals surface area (Å²) >= 11 is 0. The molecule has 1 saturated heterocycles. The minimum absolute atomic E-state index is 0.931. The first-order valence-electron chi connectivity index (χ1n) is 6.80. The van der Waals surface area contributed by atoms with Crippen LogP contribution in [0.5, 0.6) is 0 Å². The maximum atomic E-state index is 3.37. The van der Waals surface area contributed by atoms with Crippen LogP contribution >= 0.6 is 0 Å². The summed E-state index contributed by atoms with van der Waals surface area (Å²) in [5.74, 6) is 0.931. The quantitative estimate of drug-likeness (QED) is 0.661.